The quantitative estimate of drug-likeness (QED) is 0.726. The topological polar surface area (TPSA) is 93.4 Å². The van der Waals surface area contributed by atoms with Crippen molar-refractivity contribution < 1.29 is 19.4 Å². The first kappa shape index (κ1) is 15.2. The molecule has 1 aromatic heterocycles. The molecule has 7 nitrogen and oxygen atoms in total. The normalized spacial score (nSPS) is 12.5. The Morgan fingerprint density at radius 1 is 1.53 bits per heavy atom. The average Bonchev–Trinajstić information content (AvgIpc) is 2.70. The summed E-state index contributed by atoms with van der Waals surface area (Å²) in [7, 11) is 2.98. The van der Waals surface area contributed by atoms with Crippen LogP contribution in [0.5, 0.6) is 0 Å². The molecule has 1 atom stereocenters. The summed E-state index contributed by atoms with van der Waals surface area (Å²) >= 11 is 0. The highest BCUT2D eigenvalue weighted by atomic mass is 16.5. The first-order valence-electron chi connectivity index (χ1n) is 5.93. The monoisotopic (exact) mass is 269 g/mol. The number of ether oxygens (including phenoxy) is 1. The van der Waals surface area contributed by atoms with Gasteiger partial charge in [0.15, 0.2) is 0 Å². The van der Waals surface area contributed by atoms with Crippen LogP contribution in [0.2, 0.25) is 0 Å². The second-order valence-corrected chi connectivity index (χ2v) is 4.56. The van der Waals surface area contributed by atoms with Crippen molar-refractivity contribution in [2.75, 3.05) is 7.11 Å². The first-order chi connectivity index (χ1) is 8.88. The van der Waals surface area contributed by atoms with Gasteiger partial charge in [0, 0.05) is 13.6 Å². The summed E-state index contributed by atoms with van der Waals surface area (Å²) in [6, 6.07) is -0.485. The van der Waals surface area contributed by atoms with Crippen LogP contribution in [0.4, 0.5) is 0 Å². The molecule has 0 fully saturated rings. The number of carboxylic acids is 1. The maximum Gasteiger partial charge on any atom is 0.339 e. The average molecular weight is 269 g/mol. The van der Waals surface area contributed by atoms with Crippen LogP contribution in [0.1, 0.15) is 29.9 Å². The van der Waals surface area contributed by atoms with Crippen molar-refractivity contribution in [3.63, 3.8) is 0 Å². The number of aryl methyl sites for hydroxylation is 1. The van der Waals surface area contributed by atoms with Crippen molar-refractivity contribution in [2.24, 2.45) is 13.0 Å². The number of hydrogen-bond acceptors (Lipinski definition) is 5. The third-order valence-electron chi connectivity index (χ3n) is 2.90. The van der Waals surface area contributed by atoms with Gasteiger partial charge >= 0.3 is 11.9 Å². The molecular weight excluding hydrogens is 250 g/mol. The zero-order valence-electron chi connectivity index (χ0n) is 11.5. The van der Waals surface area contributed by atoms with E-state index in [0.717, 1.165) is 0 Å². The molecule has 0 radical (unpaired) electrons. The summed E-state index contributed by atoms with van der Waals surface area (Å²) in [5.41, 5.74) is 0.643. The van der Waals surface area contributed by atoms with E-state index >= 15 is 0 Å². The van der Waals surface area contributed by atoms with Gasteiger partial charge in [-0.25, -0.2) is 4.79 Å². The van der Waals surface area contributed by atoms with Crippen LogP contribution < -0.4 is 5.32 Å². The number of carbonyl (C=O) groups is 2. The molecule has 1 rings (SSSR count). The highest BCUT2D eigenvalue weighted by molar-refractivity contribution is 5.88. The first-order valence-corrected chi connectivity index (χ1v) is 5.93. The van der Waals surface area contributed by atoms with Crippen molar-refractivity contribution in [2.45, 2.75) is 26.4 Å². The number of rotatable bonds is 6. The van der Waals surface area contributed by atoms with Gasteiger partial charge in [-0.3, -0.25) is 14.8 Å². The molecule has 0 aliphatic heterocycles. The molecule has 1 aromatic rings. The largest absolute Gasteiger partial charge is 0.478 e. The molecule has 0 amide bonds. The number of aromatic nitrogens is 2. The summed E-state index contributed by atoms with van der Waals surface area (Å²) in [5.74, 6) is -1.37. The van der Waals surface area contributed by atoms with E-state index in [-0.39, 0.29) is 24.0 Å². The molecule has 2 N–H and O–H groups in total. The molecule has 0 aromatic carbocycles. The lowest BCUT2D eigenvalue weighted by molar-refractivity contribution is -0.144. The predicted octanol–water partition coefficient (Wildman–Crippen LogP) is 0.405. The highest BCUT2D eigenvalue weighted by Gasteiger charge is 2.24. The molecule has 7 heteroatoms. The van der Waals surface area contributed by atoms with Crippen LogP contribution in [0, 0.1) is 5.92 Å². The number of nitrogens with zero attached hydrogens (tertiary/aromatic N) is 2. The van der Waals surface area contributed by atoms with Crippen LogP contribution in [0.25, 0.3) is 0 Å². The van der Waals surface area contributed by atoms with Crippen molar-refractivity contribution in [1.82, 2.24) is 15.1 Å². The van der Waals surface area contributed by atoms with E-state index in [1.807, 2.05) is 13.8 Å². The minimum absolute atomic E-state index is 0.0361. The molecule has 19 heavy (non-hydrogen) atoms. The summed E-state index contributed by atoms with van der Waals surface area (Å²) in [4.78, 5) is 22.6. The molecule has 0 spiro atoms. The summed E-state index contributed by atoms with van der Waals surface area (Å²) in [6.45, 7) is 4.00. The van der Waals surface area contributed by atoms with Gasteiger partial charge < -0.3 is 9.84 Å². The van der Waals surface area contributed by atoms with E-state index < -0.39 is 12.0 Å². The van der Waals surface area contributed by atoms with E-state index in [2.05, 4.69) is 10.4 Å². The maximum atomic E-state index is 11.6. The van der Waals surface area contributed by atoms with Crippen molar-refractivity contribution in [3.05, 3.63) is 17.5 Å². The standard InChI is InChI=1S/C12H19N3O4/c1-7(2)10(12(18)19-4)13-6-9-8(11(16)17)5-14-15(9)3/h5,7,10,13H,6H2,1-4H3,(H,16,17). The zero-order chi connectivity index (χ0) is 14.6. The molecule has 1 unspecified atom stereocenters. The molecule has 106 valence electrons. The number of aromatic carboxylic acids is 1. The Hall–Kier alpha value is -1.89. The fraction of sp³-hybridized carbons (Fsp3) is 0.583. The van der Waals surface area contributed by atoms with Crippen LogP contribution in [0.3, 0.4) is 0 Å². The van der Waals surface area contributed by atoms with E-state index in [1.54, 1.807) is 7.05 Å². The van der Waals surface area contributed by atoms with Crippen molar-refractivity contribution in [1.29, 1.82) is 0 Å². The molecule has 0 saturated heterocycles. The maximum absolute atomic E-state index is 11.6. The molecule has 0 bridgehead atoms. The molecule has 0 saturated carbocycles. The van der Waals surface area contributed by atoms with Gasteiger partial charge in [0.05, 0.1) is 19.0 Å². The number of hydrogen-bond donors (Lipinski definition) is 2. The van der Waals surface area contributed by atoms with Gasteiger partial charge in [-0.15, -0.1) is 0 Å². The van der Waals surface area contributed by atoms with Crippen LogP contribution in [-0.4, -0.2) is 40.0 Å². The fourth-order valence-corrected chi connectivity index (χ4v) is 1.78. The lowest BCUT2D eigenvalue weighted by Gasteiger charge is -2.20. The van der Waals surface area contributed by atoms with Crippen LogP contribution in [0.15, 0.2) is 6.20 Å². The van der Waals surface area contributed by atoms with Gasteiger partial charge in [0.25, 0.3) is 0 Å². The van der Waals surface area contributed by atoms with E-state index in [1.165, 1.54) is 18.0 Å². The third-order valence-corrected chi connectivity index (χ3v) is 2.90. The van der Waals surface area contributed by atoms with E-state index in [9.17, 15) is 9.59 Å². The number of carbonyl (C=O) groups excluding carboxylic acids is 1. The Morgan fingerprint density at radius 2 is 2.16 bits per heavy atom. The number of methoxy groups -OCH3 is 1. The predicted molar refractivity (Wildman–Crippen MR) is 67.6 cm³/mol. The fourth-order valence-electron chi connectivity index (χ4n) is 1.78. The summed E-state index contributed by atoms with van der Waals surface area (Å²) in [6.07, 6.45) is 1.29. The van der Waals surface area contributed by atoms with E-state index in [0.29, 0.717) is 5.69 Å². The summed E-state index contributed by atoms with van der Waals surface area (Å²) < 4.78 is 6.19. The highest BCUT2D eigenvalue weighted by Crippen LogP contribution is 2.10. The minimum Gasteiger partial charge on any atom is -0.478 e. The molecule has 1 heterocycles. The van der Waals surface area contributed by atoms with Gasteiger partial charge in [-0.05, 0) is 5.92 Å². The van der Waals surface area contributed by atoms with Gasteiger partial charge in [-0.1, -0.05) is 13.8 Å². The Labute approximate surface area is 111 Å². The van der Waals surface area contributed by atoms with Gasteiger partial charge in [0.1, 0.15) is 11.6 Å². The Balaban J connectivity index is 2.83. The molecular formula is C12H19N3O4. The van der Waals surface area contributed by atoms with Gasteiger partial charge in [0.2, 0.25) is 0 Å². The molecule has 0 aliphatic rings. The van der Waals surface area contributed by atoms with Crippen LogP contribution in [-0.2, 0) is 23.1 Å². The second-order valence-electron chi connectivity index (χ2n) is 4.56. The van der Waals surface area contributed by atoms with Gasteiger partial charge in [-0.2, -0.15) is 5.10 Å². The zero-order valence-corrected chi connectivity index (χ0v) is 11.5. The lowest BCUT2D eigenvalue weighted by Crippen LogP contribution is -2.41. The Kier molecular flexibility index (Phi) is 5.05. The smallest absolute Gasteiger partial charge is 0.339 e. The number of nitrogens with one attached hydrogen (secondary N) is 1. The third kappa shape index (κ3) is 3.54. The van der Waals surface area contributed by atoms with Crippen molar-refractivity contribution in [3.8, 4) is 0 Å². The molecule has 0 aliphatic carbocycles. The number of carboxylic acid groups (broad SMARTS) is 1. The Bertz CT molecular complexity index is 468. The summed E-state index contributed by atoms with van der Waals surface area (Å²) in [5, 5.41) is 16.0. The lowest BCUT2D eigenvalue weighted by atomic mass is 10.0. The number of esters is 1. The Morgan fingerprint density at radius 3 is 2.63 bits per heavy atom. The minimum atomic E-state index is -1.04. The van der Waals surface area contributed by atoms with Crippen molar-refractivity contribution >= 4 is 11.9 Å². The SMILES string of the molecule is COC(=O)C(NCc1c(C(=O)O)cnn1C)C(C)C. The van der Waals surface area contributed by atoms with Crippen LogP contribution >= 0.6 is 0 Å². The van der Waals surface area contributed by atoms with E-state index in [4.69, 9.17) is 9.84 Å². The second kappa shape index (κ2) is 6.33.